The first-order chi connectivity index (χ1) is 10.1. The summed E-state index contributed by atoms with van der Waals surface area (Å²) in [5, 5.41) is 0.118. The van der Waals surface area contributed by atoms with Crippen molar-refractivity contribution < 1.29 is 14.3 Å². The van der Waals surface area contributed by atoms with Crippen LogP contribution in [0.5, 0.6) is 0 Å². The molecule has 0 saturated carbocycles. The standard InChI is InChI=1S/C15H13ClN2O3/c1-20-15(19)14-13(16)11(17)6-12(18-14)10-3-2-8-7-21-5-4-9(8)10/h4-7H,2-3H2,1H3,(H2,17,18). The van der Waals surface area contributed by atoms with Crippen molar-refractivity contribution in [3.8, 4) is 0 Å². The van der Waals surface area contributed by atoms with Gasteiger partial charge in [-0.25, -0.2) is 9.78 Å². The third kappa shape index (κ3) is 2.29. The molecule has 6 heteroatoms. The summed E-state index contributed by atoms with van der Waals surface area (Å²) >= 11 is 6.03. The molecule has 1 aliphatic carbocycles. The van der Waals surface area contributed by atoms with Crippen LogP contribution in [0.3, 0.4) is 0 Å². The molecule has 3 rings (SSSR count). The number of nitrogen functional groups attached to an aromatic ring is 1. The van der Waals surface area contributed by atoms with Crippen LogP contribution in [0.15, 0.2) is 35.8 Å². The number of aromatic nitrogens is 1. The van der Waals surface area contributed by atoms with Crippen molar-refractivity contribution >= 4 is 28.8 Å². The number of carbonyl (C=O) groups is 1. The normalized spacial score (nSPS) is 16.4. The van der Waals surface area contributed by atoms with E-state index in [9.17, 15) is 4.79 Å². The highest BCUT2D eigenvalue weighted by molar-refractivity contribution is 6.35. The number of hydrogen-bond acceptors (Lipinski definition) is 5. The first-order valence-electron chi connectivity index (χ1n) is 6.41. The van der Waals surface area contributed by atoms with Gasteiger partial charge in [-0.3, -0.25) is 0 Å². The third-order valence-electron chi connectivity index (χ3n) is 3.51. The molecule has 0 amide bonds. The van der Waals surface area contributed by atoms with Gasteiger partial charge in [0, 0.05) is 0 Å². The highest BCUT2D eigenvalue weighted by Gasteiger charge is 2.25. The predicted octanol–water partition coefficient (Wildman–Crippen LogP) is 3.08. The molecular formula is C15H13ClN2O3. The van der Waals surface area contributed by atoms with Gasteiger partial charge >= 0.3 is 5.97 Å². The van der Waals surface area contributed by atoms with E-state index in [4.69, 9.17) is 26.8 Å². The Kier molecular flexibility index (Phi) is 3.43. The summed E-state index contributed by atoms with van der Waals surface area (Å²) in [5.41, 5.74) is 10.1. The molecule has 2 aliphatic rings. The van der Waals surface area contributed by atoms with Crippen LogP contribution in [0.1, 0.15) is 29.0 Å². The van der Waals surface area contributed by atoms with Gasteiger partial charge in [0.1, 0.15) is 0 Å². The number of anilines is 1. The van der Waals surface area contributed by atoms with Gasteiger partial charge in [0.2, 0.25) is 0 Å². The Morgan fingerprint density at radius 2 is 2.29 bits per heavy atom. The third-order valence-corrected chi connectivity index (χ3v) is 3.91. The van der Waals surface area contributed by atoms with Crippen molar-refractivity contribution in [1.82, 2.24) is 4.98 Å². The van der Waals surface area contributed by atoms with Crippen LogP contribution in [-0.4, -0.2) is 18.1 Å². The van der Waals surface area contributed by atoms with E-state index in [1.807, 2.05) is 6.08 Å². The van der Waals surface area contributed by atoms with Crippen molar-refractivity contribution in [2.45, 2.75) is 12.8 Å². The number of nitrogens with zero attached hydrogens (tertiary/aromatic N) is 1. The first-order valence-corrected chi connectivity index (χ1v) is 6.79. The lowest BCUT2D eigenvalue weighted by molar-refractivity contribution is 0.0594. The lowest BCUT2D eigenvalue weighted by atomic mass is 10.0. The highest BCUT2D eigenvalue weighted by atomic mass is 35.5. The Morgan fingerprint density at radius 3 is 3.05 bits per heavy atom. The first kappa shape index (κ1) is 13.7. The van der Waals surface area contributed by atoms with Crippen LogP contribution in [-0.2, 0) is 9.47 Å². The summed E-state index contributed by atoms with van der Waals surface area (Å²) in [5.74, 6) is -0.601. The number of fused-ring (bicyclic) bond motifs is 1. The molecule has 2 heterocycles. The minimum Gasteiger partial charge on any atom is -0.472 e. The van der Waals surface area contributed by atoms with E-state index in [1.54, 1.807) is 18.6 Å². The monoisotopic (exact) mass is 304 g/mol. The number of allylic oxidation sites excluding steroid dienone is 4. The maximum atomic E-state index is 11.8. The molecule has 21 heavy (non-hydrogen) atoms. The Hall–Kier alpha value is -2.27. The minimum atomic E-state index is -0.601. The van der Waals surface area contributed by atoms with Crippen molar-refractivity contribution in [2.24, 2.45) is 0 Å². The molecule has 1 aliphatic heterocycles. The number of methoxy groups -OCH3 is 1. The van der Waals surface area contributed by atoms with Gasteiger partial charge in [-0.15, -0.1) is 0 Å². The topological polar surface area (TPSA) is 74.4 Å². The van der Waals surface area contributed by atoms with E-state index in [-0.39, 0.29) is 10.7 Å². The van der Waals surface area contributed by atoms with Crippen LogP contribution in [0, 0.1) is 0 Å². The Bertz CT molecular complexity index is 720. The number of halogens is 1. The number of esters is 1. The SMILES string of the molecule is COC(=O)c1nc(C2=C3C=COC=C3CC2)cc(N)c1Cl. The molecule has 0 radical (unpaired) electrons. The van der Waals surface area contributed by atoms with E-state index < -0.39 is 5.97 Å². The second kappa shape index (κ2) is 5.26. The molecule has 0 unspecified atom stereocenters. The van der Waals surface area contributed by atoms with Gasteiger partial charge in [0.25, 0.3) is 0 Å². The van der Waals surface area contributed by atoms with Gasteiger partial charge in [-0.2, -0.15) is 0 Å². The number of nitrogens with two attached hydrogens (primary N) is 1. The molecule has 2 N–H and O–H groups in total. The van der Waals surface area contributed by atoms with E-state index in [0.29, 0.717) is 11.4 Å². The zero-order valence-electron chi connectivity index (χ0n) is 11.4. The number of rotatable bonds is 2. The smallest absolute Gasteiger partial charge is 0.358 e. The fraction of sp³-hybridized carbons (Fsp3) is 0.200. The van der Waals surface area contributed by atoms with E-state index >= 15 is 0 Å². The van der Waals surface area contributed by atoms with Gasteiger partial charge in [-0.05, 0) is 41.7 Å². The van der Waals surface area contributed by atoms with Crippen molar-refractivity contribution in [2.75, 3.05) is 12.8 Å². The molecule has 0 aromatic carbocycles. The molecule has 108 valence electrons. The second-order valence-corrected chi connectivity index (χ2v) is 5.10. The molecule has 0 saturated heterocycles. The summed E-state index contributed by atoms with van der Waals surface area (Å²) < 4.78 is 9.87. The highest BCUT2D eigenvalue weighted by Crippen LogP contribution is 2.40. The maximum absolute atomic E-state index is 11.8. The van der Waals surface area contributed by atoms with Crippen LogP contribution < -0.4 is 5.73 Å². The van der Waals surface area contributed by atoms with Gasteiger partial charge < -0.3 is 15.2 Å². The van der Waals surface area contributed by atoms with E-state index in [2.05, 4.69) is 4.98 Å². The summed E-state index contributed by atoms with van der Waals surface area (Å²) in [4.78, 5) is 16.1. The lowest BCUT2D eigenvalue weighted by Crippen LogP contribution is -2.09. The largest absolute Gasteiger partial charge is 0.472 e. The lowest BCUT2D eigenvalue weighted by Gasteiger charge is -2.11. The fourth-order valence-corrected chi connectivity index (χ4v) is 2.66. The van der Waals surface area contributed by atoms with Crippen molar-refractivity contribution in [3.63, 3.8) is 0 Å². The molecule has 1 aromatic heterocycles. The average Bonchev–Trinajstić information content (AvgIpc) is 2.93. The molecule has 0 spiro atoms. The van der Waals surface area contributed by atoms with E-state index in [0.717, 1.165) is 29.6 Å². The molecule has 0 bridgehead atoms. The number of hydrogen-bond donors (Lipinski definition) is 1. The molecular weight excluding hydrogens is 292 g/mol. The van der Waals surface area contributed by atoms with E-state index in [1.165, 1.54) is 7.11 Å². The van der Waals surface area contributed by atoms with Gasteiger partial charge in [0.15, 0.2) is 5.69 Å². The fourth-order valence-electron chi connectivity index (χ4n) is 2.48. The van der Waals surface area contributed by atoms with Crippen molar-refractivity contribution in [3.05, 3.63) is 52.2 Å². The molecule has 1 aromatic rings. The van der Waals surface area contributed by atoms with Crippen LogP contribution in [0.4, 0.5) is 5.69 Å². The summed E-state index contributed by atoms with van der Waals surface area (Å²) in [6, 6.07) is 1.68. The Balaban J connectivity index is 2.14. The Morgan fingerprint density at radius 1 is 1.48 bits per heavy atom. The van der Waals surface area contributed by atoms with Gasteiger partial charge in [0.05, 0.1) is 36.0 Å². The van der Waals surface area contributed by atoms with Crippen LogP contribution in [0.25, 0.3) is 5.57 Å². The second-order valence-electron chi connectivity index (χ2n) is 4.73. The minimum absolute atomic E-state index is 0.0377. The zero-order chi connectivity index (χ0) is 15.0. The number of carbonyl (C=O) groups excluding carboxylic acids is 1. The number of pyridine rings is 1. The molecule has 5 nitrogen and oxygen atoms in total. The predicted molar refractivity (Wildman–Crippen MR) is 79.5 cm³/mol. The van der Waals surface area contributed by atoms with Gasteiger partial charge in [-0.1, -0.05) is 11.6 Å². The maximum Gasteiger partial charge on any atom is 0.358 e. The molecule has 0 atom stereocenters. The average molecular weight is 305 g/mol. The van der Waals surface area contributed by atoms with Crippen LogP contribution in [0.2, 0.25) is 5.02 Å². The Labute approximate surface area is 126 Å². The molecule has 0 fully saturated rings. The summed E-state index contributed by atoms with van der Waals surface area (Å²) in [6.45, 7) is 0. The van der Waals surface area contributed by atoms with Crippen molar-refractivity contribution in [1.29, 1.82) is 0 Å². The number of ether oxygens (including phenoxy) is 2. The van der Waals surface area contributed by atoms with Crippen LogP contribution >= 0.6 is 11.6 Å². The quantitative estimate of drug-likeness (QED) is 0.850. The summed E-state index contributed by atoms with van der Waals surface area (Å²) in [6.07, 6.45) is 6.91. The zero-order valence-corrected chi connectivity index (χ0v) is 12.1. The summed E-state index contributed by atoms with van der Waals surface area (Å²) in [7, 11) is 1.28.